The van der Waals surface area contributed by atoms with E-state index in [2.05, 4.69) is 26.7 Å². The quantitative estimate of drug-likeness (QED) is 0.0364. The van der Waals surface area contributed by atoms with Crippen molar-refractivity contribution in [3.63, 3.8) is 0 Å². The third-order valence-corrected chi connectivity index (χ3v) is 7.90. The predicted molar refractivity (Wildman–Crippen MR) is 240 cm³/mol. The maximum absolute atomic E-state index is 12.0. The Labute approximate surface area is 357 Å². The number of hydrogen-bond acceptors (Lipinski definition) is 9. The lowest BCUT2D eigenvalue weighted by atomic mass is 10.0. The SMILES string of the molecule is CC(=O)O.CC(=O)O.CC(=O)O.CNC(=O)C(OC)c1ccccc1COc1cc(C)ccc1C.NC(N)=NCCCCCCCCNCCCCCCCCN=C(N)N. The van der Waals surface area contributed by atoms with Crippen LogP contribution in [0.15, 0.2) is 52.4 Å². The first-order valence-corrected chi connectivity index (χ1v) is 20.3. The fourth-order valence-electron chi connectivity index (χ4n) is 5.13. The minimum absolute atomic E-state index is 0.174. The van der Waals surface area contributed by atoms with Crippen molar-refractivity contribution in [1.29, 1.82) is 0 Å². The fourth-order valence-corrected chi connectivity index (χ4v) is 5.13. The Hall–Kier alpha value is -5.42. The second-order valence-electron chi connectivity index (χ2n) is 13.6. The average molecular weight is 849 g/mol. The van der Waals surface area contributed by atoms with E-state index >= 15 is 0 Å². The molecular formula is C43H76N8O9. The van der Waals surface area contributed by atoms with E-state index < -0.39 is 24.0 Å². The van der Waals surface area contributed by atoms with Crippen molar-refractivity contribution in [3.05, 3.63) is 64.7 Å². The number of aliphatic carboxylic acids is 3. The van der Waals surface area contributed by atoms with Crippen LogP contribution >= 0.6 is 0 Å². The van der Waals surface area contributed by atoms with E-state index in [1.807, 2.05) is 50.2 Å². The molecule has 0 radical (unpaired) electrons. The number of carboxylic acids is 3. The number of carbonyl (C=O) groups is 4. The highest BCUT2D eigenvalue weighted by Crippen LogP contribution is 2.25. The molecule has 0 heterocycles. The zero-order chi connectivity index (χ0) is 46.1. The van der Waals surface area contributed by atoms with Crippen LogP contribution in [0.25, 0.3) is 0 Å². The molecule has 2 aromatic rings. The molecule has 2 rings (SSSR count). The van der Waals surface area contributed by atoms with Gasteiger partial charge in [0, 0.05) is 48.0 Å². The number of hydrogen-bond donors (Lipinski definition) is 9. The summed E-state index contributed by atoms with van der Waals surface area (Å²) in [6, 6.07) is 13.8. The van der Waals surface area contributed by atoms with Crippen LogP contribution in [0.4, 0.5) is 0 Å². The van der Waals surface area contributed by atoms with Gasteiger partial charge in [0.15, 0.2) is 18.0 Å². The van der Waals surface area contributed by atoms with Gasteiger partial charge < -0.3 is 58.4 Å². The number of rotatable bonds is 24. The van der Waals surface area contributed by atoms with E-state index in [9.17, 15) is 4.79 Å². The second-order valence-corrected chi connectivity index (χ2v) is 13.6. The van der Waals surface area contributed by atoms with E-state index in [1.165, 1.54) is 71.3 Å². The molecule has 0 saturated heterocycles. The highest BCUT2D eigenvalue weighted by Gasteiger charge is 2.21. The Kier molecular flexibility index (Phi) is 39.6. The predicted octanol–water partition coefficient (Wildman–Crippen LogP) is 5.39. The number of carboxylic acid groups (broad SMARTS) is 3. The van der Waals surface area contributed by atoms with E-state index in [0.29, 0.717) is 6.61 Å². The molecule has 17 nitrogen and oxygen atoms in total. The molecule has 0 spiro atoms. The summed E-state index contributed by atoms with van der Waals surface area (Å²) >= 11 is 0. The molecule has 13 N–H and O–H groups in total. The number of methoxy groups -OCH3 is 1. The largest absolute Gasteiger partial charge is 0.489 e. The van der Waals surface area contributed by atoms with Gasteiger partial charge in [0.05, 0.1) is 0 Å². The third-order valence-electron chi connectivity index (χ3n) is 7.90. The van der Waals surface area contributed by atoms with Crippen LogP contribution in [0.2, 0.25) is 0 Å². The molecule has 0 aliphatic carbocycles. The Bertz CT molecular complexity index is 1430. The number of nitrogens with one attached hydrogen (secondary N) is 2. The molecule has 17 heteroatoms. The van der Waals surface area contributed by atoms with Gasteiger partial charge in [0.2, 0.25) is 0 Å². The van der Waals surface area contributed by atoms with Crippen LogP contribution in [0.5, 0.6) is 5.75 Å². The van der Waals surface area contributed by atoms with Gasteiger partial charge in [-0.2, -0.15) is 0 Å². The van der Waals surface area contributed by atoms with E-state index in [4.69, 9.17) is 62.1 Å². The molecule has 0 aliphatic heterocycles. The maximum Gasteiger partial charge on any atom is 0.300 e. The second kappa shape index (κ2) is 40.4. The van der Waals surface area contributed by atoms with Gasteiger partial charge in [-0.1, -0.05) is 87.8 Å². The van der Waals surface area contributed by atoms with Crippen LogP contribution in [0, 0.1) is 13.8 Å². The summed E-state index contributed by atoms with van der Waals surface area (Å²) in [5.41, 5.74) is 25.1. The van der Waals surface area contributed by atoms with Gasteiger partial charge in [0.1, 0.15) is 12.4 Å². The lowest BCUT2D eigenvalue weighted by Crippen LogP contribution is -2.27. The van der Waals surface area contributed by atoms with Crippen molar-refractivity contribution in [2.24, 2.45) is 32.9 Å². The Morgan fingerprint density at radius 2 is 1.08 bits per heavy atom. The lowest BCUT2D eigenvalue weighted by Gasteiger charge is -2.18. The van der Waals surface area contributed by atoms with Gasteiger partial charge in [-0.05, 0) is 80.9 Å². The van der Waals surface area contributed by atoms with Crippen molar-refractivity contribution in [2.75, 3.05) is 40.3 Å². The summed E-state index contributed by atoms with van der Waals surface area (Å²) in [7, 11) is 3.13. The van der Waals surface area contributed by atoms with Gasteiger partial charge in [-0.3, -0.25) is 29.2 Å². The summed E-state index contributed by atoms with van der Waals surface area (Å²) in [5, 5.41) is 28.4. The molecule has 60 heavy (non-hydrogen) atoms. The number of aryl methyl sites for hydroxylation is 2. The minimum Gasteiger partial charge on any atom is -0.489 e. The number of benzene rings is 2. The number of likely N-dealkylation sites (N-methyl/N-ethyl adjacent to an activating group) is 1. The number of nitrogens with zero attached hydrogens (tertiary/aromatic N) is 2. The summed E-state index contributed by atoms with van der Waals surface area (Å²) in [6.07, 6.45) is 14.3. The number of amides is 1. The standard InChI is InChI=1S/C19H23NO3.C18H41N7.3C2H4O2/c1-13-9-10-14(2)17(11-13)23-12-15-7-5-6-8-16(15)18(22-4)19(21)20-3;19-17(20)24-15-11-7-3-1-5-9-13-23-14-10-6-2-4-8-12-16-25-18(21)22;3*1-2(3)4/h5-11,18H,12H2,1-4H3,(H,20,21);23H,1-16H2,(H4,19,20,24)(H4,21,22,25);3*1H3,(H,3,4). The Balaban J connectivity index is -0.000000852. The number of carbonyl (C=O) groups excluding carboxylic acids is 1. The van der Waals surface area contributed by atoms with Crippen molar-refractivity contribution in [1.82, 2.24) is 10.6 Å². The van der Waals surface area contributed by atoms with Gasteiger partial charge in [-0.15, -0.1) is 0 Å². The van der Waals surface area contributed by atoms with Gasteiger partial charge in [0.25, 0.3) is 23.8 Å². The molecular weight excluding hydrogens is 773 g/mol. The van der Waals surface area contributed by atoms with Crippen LogP contribution in [0.3, 0.4) is 0 Å². The van der Waals surface area contributed by atoms with Crippen molar-refractivity contribution >= 4 is 35.7 Å². The fraction of sp³-hybridized carbons (Fsp3) is 0.581. The number of ether oxygens (including phenoxy) is 2. The monoisotopic (exact) mass is 849 g/mol. The highest BCUT2D eigenvalue weighted by atomic mass is 16.5. The summed E-state index contributed by atoms with van der Waals surface area (Å²) in [6.45, 7) is 11.5. The minimum atomic E-state index is -0.833. The molecule has 0 fully saturated rings. The highest BCUT2D eigenvalue weighted by molar-refractivity contribution is 5.82. The summed E-state index contributed by atoms with van der Waals surface area (Å²) < 4.78 is 11.3. The van der Waals surface area contributed by atoms with E-state index in [1.54, 1.807) is 7.05 Å². The maximum atomic E-state index is 12.0. The molecule has 1 unspecified atom stereocenters. The van der Waals surface area contributed by atoms with Crippen LogP contribution in [-0.4, -0.2) is 91.4 Å². The molecule has 1 atom stereocenters. The number of guanidine groups is 2. The van der Waals surface area contributed by atoms with Crippen LogP contribution < -0.4 is 38.3 Å². The molecule has 1 amide bonds. The number of nitrogens with two attached hydrogens (primary N) is 4. The summed E-state index contributed by atoms with van der Waals surface area (Å²) in [4.78, 5) is 47.0. The Morgan fingerprint density at radius 1 is 0.667 bits per heavy atom. The molecule has 342 valence electrons. The zero-order valence-corrected chi connectivity index (χ0v) is 37.1. The molecule has 0 aromatic heterocycles. The van der Waals surface area contributed by atoms with Gasteiger partial charge in [-0.25, -0.2) is 0 Å². The van der Waals surface area contributed by atoms with Gasteiger partial charge >= 0.3 is 0 Å². The molecule has 2 aromatic carbocycles. The zero-order valence-electron chi connectivity index (χ0n) is 37.1. The number of unbranched alkanes of at least 4 members (excludes halogenated alkanes) is 10. The lowest BCUT2D eigenvalue weighted by molar-refractivity contribution is -0.135. The van der Waals surface area contributed by atoms with E-state index in [-0.39, 0.29) is 17.8 Å². The summed E-state index contributed by atoms with van der Waals surface area (Å²) in [5.74, 6) is -1.41. The first-order chi connectivity index (χ1) is 28.4. The normalized spacial score (nSPS) is 10.2. The number of aliphatic imine (C=N–C) groups is 2. The molecule has 0 aliphatic rings. The van der Waals surface area contributed by atoms with Crippen molar-refractivity contribution < 1.29 is 44.0 Å². The Morgan fingerprint density at radius 3 is 1.50 bits per heavy atom. The average Bonchev–Trinajstić information content (AvgIpc) is 3.16. The van der Waals surface area contributed by atoms with Crippen molar-refractivity contribution in [3.8, 4) is 5.75 Å². The van der Waals surface area contributed by atoms with Crippen LogP contribution in [-0.2, 0) is 30.5 Å². The molecule has 0 bridgehead atoms. The van der Waals surface area contributed by atoms with Crippen molar-refractivity contribution in [2.45, 2.75) is 124 Å². The van der Waals surface area contributed by atoms with Crippen LogP contribution in [0.1, 0.15) is 126 Å². The third kappa shape index (κ3) is 42.2. The topological polar surface area (TPSA) is 300 Å². The first-order valence-electron chi connectivity index (χ1n) is 20.3. The smallest absolute Gasteiger partial charge is 0.300 e. The molecule has 0 saturated carbocycles. The van der Waals surface area contributed by atoms with E-state index in [0.717, 1.165) is 87.8 Å². The first kappa shape index (κ1) is 58.9.